The van der Waals surface area contributed by atoms with Gasteiger partial charge in [-0.1, -0.05) is 6.92 Å². The lowest BCUT2D eigenvalue weighted by atomic mass is 10.2. The predicted octanol–water partition coefficient (Wildman–Crippen LogP) is 2.94. The summed E-state index contributed by atoms with van der Waals surface area (Å²) in [5, 5.41) is 8.12. The first-order chi connectivity index (χ1) is 12.5. The van der Waals surface area contributed by atoms with Crippen LogP contribution in [0.15, 0.2) is 45.5 Å². The van der Waals surface area contributed by atoms with E-state index in [-0.39, 0.29) is 36.6 Å². The van der Waals surface area contributed by atoms with E-state index in [0.717, 1.165) is 6.42 Å². The number of furan rings is 1. The molecule has 7 nitrogen and oxygen atoms in total. The van der Waals surface area contributed by atoms with Gasteiger partial charge in [-0.05, 0) is 58.7 Å². The molecule has 8 heteroatoms. The maximum absolute atomic E-state index is 12.1. The van der Waals surface area contributed by atoms with Gasteiger partial charge in [-0.3, -0.25) is 14.4 Å². The van der Waals surface area contributed by atoms with Gasteiger partial charge < -0.3 is 20.4 Å². The molecule has 3 N–H and O–H groups in total. The molecule has 0 atom stereocenters. The minimum absolute atomic E-state index is 0.0518. The van der Waals surface area contributed by atoms with E-state index >= 15 is 0 Å². The van der Waals surface area contributed by atoms with E-state index in [0.29, 0.717) is 22.3 Å². The first kappa shape index (κ1) is 19.7. The zero-order valence-electron chi connectivity index (χ0n) is 14.3. The molecular formula is C18H20BrN3O4. The monoisotopic (exact) mass is 421 g/mol. The fraction of sp³-hybridized carbons (Fsp3) is 0.278. The van der Waals surface area contributed by atoms with Crippen LogP contribution in [0.25, 0.3) is 0 Å². The Hall–Kier alpha value is -2.61. The van der Waals surface area contributed by atoms with Crippen LogP contribution >= 0.6 is 15.9 Å². The third kappa shape index (κ3) is 6.03. The lowest BCUT2D eigenvalue weighted by Crippen LogP contribution is -2.34. The minimum atomic E-state index is -0.350. The Labute approximate surface area is 159 Å². The molecule has 0 bridgehead atoms. The highest BCUT2D eigenvalue weighted by atomic mass is 79.9. The number of hydrogen-bond acceptors (Lipinski definition) is 4. The van der Waals surface area contributed by atoms with Gasteiger partial charge in [0.1, 0.15) is 0 Å². The molecule has 0 saturated heterocycles. The second kappa shape index (κ2) is 9.76. The van der Waals surface area contributed by atoms with Gasteiger partial charge in [-0.2, -0.15) is 0 Å². The Morgan fingerprint density at radius 1 is 0.962 bits per heavy atom. The maximum atomic E-state index is 12.1. The normalized spacial score (nSPS) is 10.2. The fourth-order valence-electron chi connectivity index (χ4n) is 2.13. The van der Waals surface area contributed by atoms with Crippen LogP contribution in [0.2, 0.25) is 0 Å². The first-order valence-electron chi connectivity index (χ1n) is 8.21. The number of rotatable bonds is 8. The molecule has 1 aromatic heterocycles. The minimum Gasteiger partial charge on any atom is -0.444 e. The summed E-state index contributed by atoms with van der Waals surface area (Å²) < 4.78 is 5.61. The molecule has 1 aromatic carbocycles. The lowest BCUT2D eigenvalue weighted by Gasteiger charge is -2.08. The average molecular weight is 422 g/mol. The van der Waals surface area contributed by atoms with Gasteiger partial charge in [0.25, 0.3) is 11.8 Å². The molecule has 0 aliphatic heterocycles. The quantitative estimate of drug-likeness (QED) is 0.570. The van der Waals surface area contributed by atoms with Crippen LogP contribution in [-0.4, -0.2) is 30.8 Å². The molecular weight excluding hydrogens is 402 g/mol. The van der Waals surface area contributed by atoms with Crippen molar-refractivity contribution >= 4 is 39.3 Å². The van der Waals surface area contributed by atoms with E-state index in [9.17, 15) is 14.4 Å². The van der Waals surface area contributed by atoms with Gasteiger partial charge in [-0.25, -0.2) is 0 Å². The average Bonchev–Trinajstić information content (AvgIpc) is 3.05. The van der Waals surface area contributed by atoms with E-state index in [1.807, 2.05) is 6.92 Å². The lowest BCUT2D eigenvalue weighted by molar-refractivity contribution is -0.116. The van der Waals surface area contributed by atoms with Crippen LogP contribution in [0.1, 0.15) is 40.7 Å². The largest absolute Gasteiger partial charge is 0.444 e. The molecule has 0 aliphatic rings. The molecule has 0 unspecified atom stereocenters. The summed E-state index contributed by atoms with van der Waals surface area (Å²) in [4.78, 5) is 35.4. The van der Waals surface area contributed by atoms with E-state index < -0.39 is 0 Å². The smallest absolute Gasteiger partial charge is 0.287 e. The maximum Gasteiger partial charge on any atom is 0.287 e. The molecule has 2 aromatic rings. The summed E-state index contributed by atoms with van der Waals surface area (Å²) in [6.07, 6.45) is 1.24. The van der Waals surface area contributed by atoms with E-state index in [2.05, 4.69) is 31.9 Å². The highest BCUT2D eigenvalue weighted by Gasteiger charge is 2.10. The van der Waals surface area contributed by atoms with E-state index in [1.54, 1.807) is 36.4 Å². The fourth-order valence-corrected chi connectivity index (χ4v) is 2.44. The number of carbonyl (C=O) groups excluding carboxylic acids is 3. The molecule has 0 radical (unpaired) electrons. The van der Waals surface area contributed by atoms with E-state index in [1.165, 1.54) is 0 Å². The Kier molecular flexibility index (Phi) is 7.40. The third-order valence-electron chi connectivity index (χ3n) is 3.40. The van der Waals surface area contributed by atoms with Gasteiger partial charge in [-0.15, -0.1) is 0 Å². The molecule has 0 aliphatic carbocycles. The summed E-state index contributed by atoms with van der Waals surface area (Å²) in [7, 11) is 0. The van der Waals surface area contributed by atoms with Gasteiger partial charge in [0.15, 0.2) is 10.4 Å². The topological polar surface area (TPSA) is 100 Å². The number of benzene rings is 1. The van der Waals surface area contributed by atoms with Crippen molar-refractivity contribution < 1.29 is 18.8 Å². The van der Waals surface area contributed by atoms with E-state index in [4.69, 9.17) is 4.42 Å². The van der Waals surface area contributed by atoms with Crippen LogP contribution in [0, 0.1) is 0 Å². The van der Waals surface area contributed by atoms with Gasteiger partial charge in [0, 0.05) is 30.8 Å². The van der Waals surface area contributed by atoms with Crippen LogP contribution in [0.3, 0.4) is 0 Å². The van der Waals surface area contributed by atoms with Gasteiger partial charge in [0.2, 0.25) is 5.91 Å². The summed E-state index contributed by atoms with van der Waals surface area (Å²) in [5.74, 6) is -0.462. The standard InChI is InChI=1S/C18H20BrN3O4/c1-2-3-16(23)22-13-6-4-12(5-7-13)17(24)20-10-11-21-18(25)14-8-9-15(19)26-14/h4-9H,2-3,10-11H2,1H3,(H,20,24)(H,21,25)(H,22,23). The molecule has 0 spiro atoms. The van der Waals surface area contributed by atoms with Gasteiger partial charge >= 0.3 is 0 Å². The summed E-state index contributed by atoms with van der Waals surface area (Å²) >= 11 is 3.13. The number of anilines is 1. The second-order valence-corrected chi connectivity index (χ2v) is 6.27. The summed E-state index contributed by atoms with van der Waals surface area (Å²) in [6, 6.07) is 9.81. The Morgan fingerprint density at radius 2 is 1.62 bits per heavy atom. The number of amides is 3. The zero-order chi connectivity index (χ0) is 18.9. The first-order valence-corrected chi connectivity index (χ1v) is 9.00. The van der Waals surface area contributed by atoms with Crippen molar-refractivity contribution in [3.8, 4) is 0 Å². The number of halogens is 1. The molecule has 138 valence electrons. The number of hydrogen-bond donors (Lipinski definition) is 3. The van der Waals surface area contributed by atoms with Crippen molar-refractivity contribution in [2.24, 2.45) is 0 Å². The van der Waals surface area contributed by atoms with Crippen LogP contribution in [-0.2, 0) is 4.79 Å². The number of nitrogens with one attached hydrogen (secondary N) is 3. The Balaban J connectivity index is 1.73. The third-order valence-corrected chi connectivity index (χ3v) is 3.83. The molecule has 26 heavy (non-hydrogen) atoms. The van der Waals surface area contributed by atoms with Crippen molar-refractivity contribution in [2.75, 3.05) is 18.4 Å². The van der Waals surface area contributed by atoms with Crippen LogP contribution in [0.5, 0.6) is 0 Å². The van der Waals surface area contributed by atoms with Crippen molar-refractivity contribution in [2.45, 2.75) is 19.8 Å². The summed E-state index contributed by atoms with van der Waals surface area (Å²) in [5.41, 5.74) is 1.12. The molecule has 3 amide bonds. The van der Waals surface area contributed by atoms with Crippen molar-refractivity contribution in [3.63, 3.8) is 0 Å². The SMILES string of the molecule is CCCC(=O)Nc1ccc(C(=O)NCCNC(=O)c2ccc(Br)o2)cc1. The van der Waals surface area contributed by atoms with Crippen LogP contribution in [0.4, 0.5) is 5.69 Å². The Morgan fingerprint density at radius 3 is 2.19 bits per heavy atom. The second-order valence-electron chi connectivity index (χ2n) is 5.49. The van der Waals surface area contributed by atoms with Crippen molar-refractivity contribution in [3.05, 3.63) is 52.4 Å². The zero-order valence-corrected chi connectivity index (χ0v) is 15.9. The summed E-state index contributed by atoms with van der Waals surface area (Å²) in [6.45, 7) is 2.48. The highest BCUT2D eigenvalue weighted by molar-refractivity contribution is 9.10. The molecule has 0 fully saturated rings. The highest BCUT2D eigenvalue weighted by Crippen LogP contribution is 2.13. The van der Waals surface area contributed by atoms with Crippen LogP contribution < -0.4 is 16.0 Å². The number of carbonyl (C=O) groups is 3. The molecule has 0 saturated carbocycles. The van der Waals surface area contributed by atoms with Crippen molar-refractivity contribution in [1.82, 2.24) is 10.6 Å². The van der Waals surface area contributed by atoms with Gasteiger partial charge in [0.05, 0.1) is 0 Å². The van der Waals surface area contributed by atoms with Crippen molar-refractivity contribution in [1.29, 1.82) is 0 Å². The Bertz CT molecular complexity index is 771. The predicted molar refractivity (Wildman–Crippen MR) is 101 cm³/mol. The molecule has 1 heterocycles. The molecule has 2 rings (SSSR count).